The number of hydrogen-bond donors (Lipinski definition) is 1. The topological polar surface area (TPSA) is 98.8 Å². The van der Waals surface area contributed by atoms with Crippen molar-refractivity contribution in [2.75, 3.05) is 49.1 Å². The Kier molecular flexibility index (Phi) is 6.40. The number of nitrogens with zero attached hydrogens (tertiary/aromatic N) is 6. The van der Waals surface area contributed by atoms with E-state index in [-0.39, 0.29) is 17.8 Å². The van der Waals surface area contributed by atoms with Crippen LogP contribution in [0.5, 0.6) is 0 Å². The number of anilines is 2. The number of amides is 1. The number of furan rings is 1. The summed E-state index contributed by atoms with van der Waals surface area (Å²) in [4.78, 5) is 31.7. The Morgan fingerprint density at radius 1 is 0.921 bits per heavy atom. The molecular weight excluding hydrogens is 487 g/mol. The average molecular weight is 517 g/mol. The maximum Gasteiger partial charge on any atom is 0.232 e. The number of piperidine rings is 1. The van der Waals surface area contributed by atoms with Crippen LogP contribution in [0.4, 0.5) is 16.0 Å². The van der Waals surface area contributed by atoms with Crippen molar-refractivity contribution in [2.45, 2.75) is 25.9 Å². The number of benzene rings is 1. The Morgan fingerprint density at radius 2 is 1.63 bits per heavy atom. The fourth-order valence-electron chi connectivity index (χ4n) is 5.29. The van der Waals surface area contributed by atoms with E-state index in [1.807, 2.05) is 17.0 Å². The molecule has 3 aromatic heterocycles. The van der Waals surface area contributed by atoms with Gasteiger partial charge in [-0.3, -0.25) is 4.79 Å². The van der Waals surface area contributed by atoms with Crippen molar-refractivity contribution >= 4 is 28.6 Å². The second-order valence-corrected chi connectivity index (χ2v) is 9.81. The van der Waals surface area contributed by atoms with E-state index >= 15 is 0 Å². The number of carbonyl (C=O) groups is 1. The molecule has 2 aliphatic heterocycles. The highest BCUT2D eigenvalue weighted by atomic mass is 19.1. The van der Waals surface area contributed by atoms with Gasteiger partial charge in [-0.15, -0.1) is 0 Å². The van der Waals surface area contributed by atoms with Crippen molar-refractivity contribution in [1.29, 1.82) is 0 Å². The number of rotatable bonds is 4. The van der Waals surface area contributed by atoms with E-state index in [0.717, 1.165) is 59.6 Å². The molecule has 2 aliphatic rings. The van der Waals surface area contributed by atoms with Crippen molar-refractivity contribution in [3.05, 3.63) is 54.7 Å². The molecule has 1 amide bonds. The van der Waals surface area contributed by atoms with E-state index in [1.165, 1.54) is 18.5 Å². The van der Waals surface area contributed by atoms with E-state index in [9.17, 15) is 14.3 Å². The molecular formula is C28H29FN6O3. The highest BCUT2D eigenvalue weighted by Crippen LogP contribution is 2.43. The smallest absolute Gasteiger partial charge is 0.232 e. The van der Waals surface area contributed by atoms with Crippen LogP contribution in [0.2, 0.25) is 0 Å². The zero-order valence-electron chi connectivity index (χ0n) is 21.2. The lowest BCUT2D eigenvalue weighted by Crippen LogP contribution is -2.48. The molecule has 0 aliphatic carbocycles. The normalized spacial score (nSPS) is 16.9. The predicted octanol–water partition coefficient (Wildman–Crippen LogP) is 3.72. The first-order valence-corrected chi connectivity index (χ1v) is 12.9. The zero-order chi connectivity index (χ0) is 26.2. The molecule has 4 aromatic rings. The number of aliphatic hydroxyl groups excluding tert-OH is 1. The number of aromatic nitrogens is 3. The molecule has 38 heavy (non-hydrogen) atoms. The summed E-state index contributed by atoms with van der Waals surface area (Å²) in [6.45, 7) is 5.59. The fraction of sp³-hybridized carbons (Fsp3) is 0.357. The first-order chi connectivity index (χ1) is 18.5. The van der Waals surface area contributed by atoms with E-state index in [1.54, 1.807) is 25.3 Å². The molecule has 196 valence electrons. The molecule has 5 heterocycles. The lowest BCUT2D eigenvalue weighted by atomic mass is 9.99. The minimum Gasteiger partial charge on any atom is -0.437 e. The highest BCUT2D eigenvalue weighted by Gasteiger charge is 2.27. The van der Waals surface area contributed by atoms with Gasteiger partial charge in [0.2, 0.25) is 11.6 Å². The number of hydrogen-bond acceptors (Lipinski definition) is 8. The van der Waals surface area contributed by atoms with Crippen LogP contribution < -0.4 is 9.80 Å². The third-order valence-corrected chi connectivity index (χ3v) is 7.42. The summed E-state index contributed by atoms with van der Waals surface area (Å²) in [5, 5.41) is 10.6. The summed E-state index contributed by atoms with van der Waals surface area (Å²) in [7, 11) is 0. The van der Waals surface area contributed by atoms with E-state index in [4.69, 9.17) is 9.40 Å². The molecule has 1 N–H and O–H groups in total. The third-order valence-electron chi connectivity index (χ3n) is 7.42. The Bertz CT molecular complexity index is 1440. The molecule has 0 spiro atoms. The van der Waals surface area contributed by atoms with Crippen molar-refractivity contribution < 1.29 is 18.7 Å². The number of pyridine rings is 1. The van der Waals surface area contributed by atoms with Crippen LogP contribution >= 0.6 is 0 Å². The van der Waals surface area contributed by atoms with Gasteiger partial charge in [0.15, 0.2) is 0 Å². The number of halogens is 1. The summed E-state index contributed by atoms with van der Waals surface area (Å²) in [5.41, 5.74) is 2.77. The van der Waals surface area contributed by atoms with Gasteiger partial charge in [-0.1, -0.05) is 12.1 Å². The molecule has 6 rings (SSSR count). The largest absolute Gasteiger partial charge is 0.437 e. The van der Waals surface area contributed by atoms with E-state index in [0.29, 0.717) is 37.7 Å². The Balaban J connectivity index is 1.43. The monoisotopic (exact) mass is 516 g/mol. The van der Waals surface area contributed by atoms with Gasteiger partial charge < -0.3 is 24.2 Å². The Hall–Kier alpha value is -4.05. The van der Waals surface area contributed by atoms with Gasteiger partial charge in [0.25, 0.3) is 0 Å². The maximum atomic E-state index is 13.9. The fourth-order valence-corrected chi connectivity index (χ4v) is 5.29. The molecule has 1 aromatic carbocycles. The van der Waals surface area contributed by atoms with Crippen molar-refractivity contribution in [3.8, 4) is 22.5 Å². The molecule has 2 saturated heterocycles. The molecule has 0 atom stereocenters. The number of piperazine rings is 1. The minimum atomic E-state index is -0.322. The average Bonchev–Trinajstić information content (AvgIpc) is 3.34. The van der Waals surface area contributed by atoms with Crippen LogP contribution in [0.15, 0.2) is 53.3 Å². The van der Waals surface area contributed by atoms with E-state index in [2.05, 4.69) is 19.8 Å². The zero-order valence-corrected chi connectivity index (χ0v) is 21.2. The summed E-state index contributed by atoms with van der Waals surface area (Å²) < 4.78 is 20.2. The number of aliphatic hydroxyl groups is 1. The molecule has 2 fully saturated rings. The number of carbonyl (C=O) groups excluding carboxylic acids is 1. The lowest BCUT2D eigenvalue weighted by Gasteiger charge is -2.35. The van der Waals surface area contributed by atoms with E-state index < -0.39 is 0 Å². The summed E-state index contributed by atoms with van der Waals surface area (Å²) in [6.07, 6.45) is 4.47. The predicted molar refractivity (Wildman–Crippen MR) is 142 cm³/mol. The minimum absolute atomic E-state index is 0.0618. The van der Waals surface area contributed by atoms with Gasteiger partial charge in [-0.05, 0) is 42.7 Å². The first-order valence-electron chi connectivity index (χ1n) is 12.9. The van der Waals surface area contributed by atoms with Gasteiger partial charge in [0.1, 0.15) is 29.5 Å². The molecule has 0 bridgehead atoms. The Labute approximate surface area is 219 Å². The van der Waals surface area contributed by atoms with Crippen LogP contribution in [0.25, 0.3) is 33.6 Å². The second kappa shape index (κ2) is 10.0. The highest BCUT2D eigenvalue weighted by molar-refractivity contribution is 6.06. The second-order valence-electron chi connectivity index (χ2n) is 9.81. The van der Waals surface area contributed by atoms with Crippen LogP contribution in [0.3, 0.4) is 0 Å². The number of fused-ring (bicyclic) bond motifs is 1. The maximum absolute atomic E-state index is 13.9. The summed E-state index contributed by atoms with van der Waals surface area (Å²) in [5.74, 6) is 1.90. The molecule has 0 unspecified atom stereocenters. The standard InChI is InChI=1S/C28H29FN6O3/c1-18(36)33-12-14-35(15-13-33)27-25-24(19-2-5-21(29)6-3-19)26(38-28(25)32-17-31-27)20-4-7-23(30-16-20)34-10-8-22(37)9-11-34/h2-7,16-17,22,37H,8-15H2,1H3. The van der Waals surface area contributed by atoms with Gasteiger partial charge in [-0.2, -0.15) is 0 Å². The quantitative estimate of drug-likeness (QED) is 0.438. The SMILES string of the molecule is CC(=O)N1CCN(c2ncnc3oc(-c4ccc(N5CCC(O)CC5)nc4)c(-c4ccc(F)cc4)c23)CC1. The summed E-state index contributed by atoms with van der Waals surface area (Å²) >= 11 is 0. The summed E-state index contributed by atoms with van der Waals surface area (Å²) in [6, 6.07) is 10.3. The lowest BCUT2D eigenvalue weighted by molar-refractivity contribution is -0.129. The third kappa shape index (κ3) is 4.56. The van der Waals surface area contributed by atoms with Gasteiger partial charge in [0.05, 0.1) is 11.5 Å². The van der Waals surface area contributed by atoms with Gasteiger partial charge in [-0.25, -0.2) is 19.3 Å². The molecule has 9 nitrogen and oxygen atoms in total. The van der Waals surface area contributed by atoms with Gasteiger partial charge in [0, 0.05) is 63.5 Å². The van der Waals surface area contributed by atoms with Crippen molar-refractivity contribution in [3.63, 3.8) is 0 Å². The first kappa shape index (κ1) is 24.3. The molecule has 0 radical (unpaired) electrons. The van der Waals surface area contributed by atoms with Crippen LogP contribution in [0, 0.1) is 5.82 Å². The van der Waals surface area contributed by atoms with Crippen LogP contribution in [-0.4, -0.2) is 76.2 Å². The molecule has 0 saturated carbocycles. The van der Waals surface area contributed by atoms with Gasteiger partial charge >= 0.3 is 0 Å². The Morgan fingerprint density at radius 3 is 2.29 bits per heavy atom. The molecule has 10 heteroatoms. The van der Waals surface area contributed by atoms with Crippen molar-refractivity contribution in [1.82, 2.24) is 19.9 Å². The van der Waals surface area contributed by atoms with Crippen LogP contribution in [0.1, 0.15) is 19.8 Å². The van der Waals surface area contributed by atoms with Crippen molar-refractivity contribution in [2.24, 2.45) is 0 Å². The van der Waals surface area contributed by atoms with Crippen LogP contribution in [-0.2, 0) is 4.79 Å².